The summed E-state index contributed by atoms with van der Waals surface area (Å²) in [5.74, 6) is -0.615. The van der Waals surface area contributed by atoms with Gasteiger partial charge in [0.1, 0.15) is 12.4 Å². The number of imidazole rings is 1. The summed E-state index contributed by atoms with van der Waals surface area (Å²) in [6.07, 6.45) is 1.65. The molecule has 0 aliphatic rings. The molecule has 1 aromatic heterocycles. The molecule has 38 heavy (non-hydrogen) atoms. The summed E-state index contributed by atoms with van der Waals surface area (Å²) in [6.45, 7) is 9.84. The third-order valence-corrected chi connectivity index (χ3v) is 7.27. The van der Waals surface area contributed by atoms with Gasteiger partial charge in [-0.1, -0.05) is 47.7 Å². The van der Waals surface area contributed by atoms with Gasteiger partial charge in [-0.15, -0.1) is 0 Å². The second-order valence-corrected chi connectivity index (χ2v) is 10.4. The van der Waals surface area contributed by atoms with Crippen LogP contribution in [0.3, 0.4) is 0 Å². The van der Waals surface area contributed by atoms with Crippen LogP contribution >= 0.6 is 11.8 Å². The molecule has 0 aliphatic carbocycles. The van der Waals surface area contributed by atoms with Gasteiger partial charge < -0.3 is 15.2 Å². The van der Waals surface area contributed by atoms with Crippen LogP contribution in [0.15, 0.2) is 66.0 Å². The highest BCUT2D eigenvalue weighted by molar-refractivity contribution is 7.99. The molecule has 0 unspecified atom stereocenters. The number of nitrogens with zero attached hydrogens (tertiary/aromatic N) is 2. The Labute approximate surface area is 226 Å². The van der Waals surface area contributed by atoms with E-state index in [4.69, 9.17) is 0 Å². The summed E-state index contributed by atoms with van der Waals surface area (Å²) in [6, 6.07) is 16.0. The quantitative estimate of drug-likeness (QED) is 0.252. The topological polar surface area (TPSA) is 76.0 Å². The zero-order valence-corrected chi connectivity index (χ0v) is 23.0. The Kier molecular flexibility index (Phi) is 8.32. The highest BCUT2D eigenvalue weighted by Gasteiger charge is 2.18. The number of aryl methyl sites for hydroxylation is 5. The molecule has 0 fully saturated rings. The van der Waals surface area contributed by atoms with E-state index >= 15 is 0 Å². The standard InChI is InChI=1S/C30H31FN4O2S/c1-18-13-21(4)29(22(5)14-18)33-26(36)16-35-25(23-9-11-24(31)12-10-23)15-32-30(35)38-17-27(37)34-28-19(2)7-6-8-20(28)3/h6-15H,16-17H2,1-5H3,(H,33,36)(H,34,37). The second-order valence-electron chi connectivity index (χ2n) is 9.44. The van der Waals surface area contributed by atoms with E-state index in [0.717, 1.165) is 44.8 Å². The number of rotatable bonds is 8. The van der Waals surface area contributed by atoms with E-state index in [1.54, 1.807) is 22.9 Å². The van der Waals surface area contributed by atoms with Crippen LogP contribution in [0.4, 0.5) is 15.8 Å². The molecule has 2 N–H and O–H groups in total. The van der Waals surface area contributed by atoms with Gasteiger partial charge in [0.05, 0.1) is 17.6 Å². The van der Waals surface area contributed by atoms with Crippen molar-refractivity contribution in [2.75, 3.05) is 16.4 Å². The molecule has 6 nitrogen and oxygen atoms in total. The van der Waals surface area contributed by atoms with Crippen molar-refractivity contribution in [2.45, 2.75) is 46.3 Å². The fraction of sp³-hybridized carbons (Fsp3) is 0.233. The molecule has 2 amide bonds. The largest absolute Gasteiger partial charge is 0.325 e. The minimum Gasteiger partial charge on any atom is -0.325 e. The second kappa shape index (κ2) is 11.6. The first kappa shape index (κ1) is 27.1. The SMILES string of the molecule is Cc1cc(C)c(NC(=O)Cn2c(-c3ccc(F)cc3)cnc2SCC(=O)Nc2c(C)cccc2C)c(C)c1. The van der Waals surface area contributed by atoms with Crippen molar-refractivity contribution in [3.05, 3.63) is 94.4 Å². The van der Waals surface area contributed by atoms with E-state index in [1.165, 1.54) is 23.9 Å². The average Bonchev–Trinajstić information content (AvgIpc) is 3.25. The number of para-hydroxylation sites is 1. The predicted molar refractivity (Wildman–Crippen MR) is 152 cm³/mol. The van der Waals surface area contributed by atoms with Crippen molar-refractivity contribution in [1.29, 1.82) is 0 Å². The van der Waals surface area contributed by atoms with Crippen LogP contribution in [0.2, 0.25) is 0 Å². The van der Waals surface area contributed by atoms with Gasteiger partial charge in [-0.2, -0.15) is 0 Å². The Balaban J connectivity index is 1.56. The summed E-state index contributed by atoms with van der Waals surface area (Å²) in [5, 5.41) is 6.54. The molecule has 0 bridgehead atoms. The van der Waals surface area contributed by atoms with Gasteiger partial charge in [0, 0.05) is 11.4 Å². The number of amides is 2. The number of carbonyl (C=O) groups excluding carboxylic acids is 2. The molecular formula is C30H31FN4O2S. The van der Waals surface area contributed by atoms with E-state index in [2.05, 4.69) is 15.6 Å². The molecule has 1 heterocycles. The minimum absolute atomic E-state index is 0.0136. The zero-order valence-electron chi connectivity index (χ0n) is 22.2. The lowest BCUT2D eigenvalue weighted by molar-refractivity contribution is -0.117. The van der Waals surface area contributed by atoms with Crippen LogP contribution in [-0.2, 0) is 16.1 Å². The monoisotopic (exact) mass is 530 g/mol. The van der Waals surface area contributed by atoms with E-state index < -0.39 is 0 Å². The third-order valence-electron chi connectivity index (χ3n) is 6.28. The lowest BCUT2D eigenvalue weighted by Gasteiger charge is -2.16. The molecule has 3 aromatic carbocycles. The zero-order chi connectivity index (χ0) is 27.4. The highest BCUT2D eigenvalue weighted by atomic mass is 32.2. The number of anilines is 2. The van der Waals surface area contributed by atoms with E-state index in [1.807, 2.05) is 65.0 Å². The molecule has 0 spiro atoms. The van der Waals surface area contributed by atoms with Crippen molar-refractivity contribution in [2.24, 2.45) is 0 Å². The number of carbonyl (C=O) groups is 2. The molecule has 4 aromatic rings. The number of aromatic nitrogens is 2. The Morgan fingerprint density at radius 2 is 1.42 bits per heavy atom. The van der Waals surface area contributed by atoms with Crippen LogP contribution in [0.1, 0.15) is 27.8 Å². The Hall–Kier alpha value is -3.91. The normalized spacial score (nSPS) is 10.9. The minimum atomic E-state index is -0.347. The Morgan fingerprint density at radius 3 is 2.05 bits per heavy atom. The van der Waals surface area contributed by atoms with Gasteiger partial charge in [0.2, 0.25) is 11.8 Å². The summed E-state index contributed by atoms with van der Waals surface area (Å²) >= 11 is 1.25. The van der Waals surface area contributed by atoms with Gasteiger partial charge >= 0.3 is 0 Å². The maximum Gasteiger partial charge on any atom is 0.244 e. The van der Waals surface area contributed by atoms with Crippen molar-refractivity contribution >= 4 is 35.0 Å². The molecule has 4 rings (SSSR count). The van der Waals surface area contributed by atoms with Crippen molar-refractivity contribution in [1.82, 2.24) is 9.55 Å². The van der Waals surface area contributed by atoms with E-state index in [-0.39, 0.29) is 29.9 Å². The van der Waals surface area contributed by atoms with Crippen molar-refractivity contribution < 1.29 is 14.0 Å². The van der Waals surface area contributed by atoms with Gasteiger partial charge in [0.15, 0.2) is 5.16 Å². The first-order valence-electron chi connectivity index (χ1n) is 12.3. The number of benzene rings is 3. The number of hydrogen-bond acceptors (Lipinski definition) is 4. The first-order chi connectivity index (χ1) is 18.1. The number of nitrogens with one attached hydrogen (secondary N) is 2. The first-order valence-corrected chi connectivity index (χ1v) is 13.3. The molecule has 0 atom stereocenters. The Bertz CT molecular complexity index is 1450. The Morgan fingerprint density at radius 1 is 0.842 bits per heavy atom. The van der Waals surface area contributed by atoms with Gasteiger partial charge in [-0.3, -0.25) is 9.59 Å². The smallest absolute Gasteiger partial charge is 0.244 e. The predicted octanol–water partition coefficient (Wildman–Crippen LogP) is 6.60. The fourth-order valence-corrected chi connectivity index (χ4v) is 5.27. The van der Waals surface area contributed by atoms with Crippen LogP contribution < -0.4 is 10.6 Å². The summed E-state index contributed by atoms with van der Waals surface area (Å²) in [4.78, 5) is 30.5. The van der Waals surface area contributed by atoms with Gasteiger partial charge in [-0.05, 0) is 86.7 Å². The number of halogens is 1. The van der Waals surface area contributed by atoms with Crippen molar-refractivity contribution in [3.63, 3.8) is 0 Å². The molecule has 0 aliphatic heterocycles. The lowest BCUT2D eigenvalue weighted by Crippen LogP contribution is -2.21. The summed E-state index contributed by atoms with van der Waals surface area (Å²) in [7, 11) is 0. The molecule has 0 saturated heterocycles. The summed E-state index contributed by atoms with van der Waals surface area (Å²) < 4.78 is 15.3. The number of thioether (sulfide) groups is 1. The van der Waals surface area contributed by atoms with Gasteiger partial charge in [-0.25, -0.2) is 9.37 Å². The molecule has 196 valence electrons. The van der Waals surface area contributed by atoms with Crippen molar-refractivity contribution in [3.8, 4) is 11.3 Å². The maximum absolute atomic E-state index is 13.6. The van der Waals surface area contributed by atoms with E-state index in [0.29, 0.717) is 10.9 Å². The molecule has 8 heteroatoms. The molecule has 0 saturated carbocycles. The third kappa shape index (κ3) is 6.31. The molecular weight excluding hydrogens is 499 g/mol. The van der Waals surface area contributed by atoms with Crippen LogP contribution in [-0.4, -0.2) is 27.1 Å². The summed E-state index contributed by atoms with van der Waals surface area (Å²) in [5.41, 5.74) is 8.04. The van der Waals surface area contributed by atoms with Crippen LogP contribution in [0.25, 0.3) is 11.3 Å². The van der Waals surface area contributed by atoms with Crippen LogP contribution in [0.5, 0.6) is 0 Å². The highest BCUT2D eigenvalue weighted by Crippen LogP contribution is 2.28. The lowest BCUT2D eigenvalue weighted by atomic mass is 10.1. The average molecular weight is 531 g/mol. The molecule has 0 radical (unpaired) electrons. The maximum atomic E-state index is 13.6. The van der Waals surface area contributed by atoms with Gasteiger partial charge in [0.25, 0.3) is 0 Å². The van der Waals surface area contributed by atoms with Crippen LogP contribution in [0, 0.1) is 40.4 Å². The number of hydrogen-bond donors (Lipinski definition) is 2. The fourth-order valence-electron chi connectivity index (χ4n) is 4.49. The van der Waals surface area contributed by atoms with E-state index in [9.17, 15) is 14.0 Å².